The highest BCUT2D eigenvalue weighted by molar-refractivity contribution is 5.92. The van der Waals surface area contributed by atoms with E-state index in [0.29, 0.717) is 61.6 Å². The van der Waals surface area contributed by atoms with Crippen molar-refractivity contribution in [3.63, 3.8) is 0 Å². The number of likely N-dealkylation sites (tertiary alicyclic amines) is 1. The lowest BCUT2D eigenvalue weighted by Crippen LogP contribution is -2.34. The lowest BCUT2D eigenvalue weighted by atomic mass is 9.97. The Hall–Kier alpha value is -4.44. The van der Waals surface area contributed by atoms with Crippen molar-refractivity contribution in [2.45, 2.75) is 111 Å². The molecule has 0 radical (unpaired) electrons. The van der Waals surface area contributed by atoms with Gasteiger partial charge in [-0.15, -0.1) is 0 Å². The molecule has 2 aromatic carbocycles. The molecule has 3 aromatic heterocycles. The highest BCUT2D eigenvalue weighted by atomic mass is 19.1. The number of alkyl halides is 1. The van der Waals surface area contributed by atoms with E-state index in [-0.39, 0.29) is 18.2 Å². The molecule has 1 saturated heterocycles. The Morgan fingerprint density at radius 2 is 1.75 bits per heavy atom. The number of rotatable bonds is 13. The number of halogens is 1. The van der Waals surface area contributed by atoms with Gasteiger partial charge in [-0.25, -0.2) is 14.4 Å². The molecule has 1 amide bonds. The molecule has 2 aliphatic heterocycles. The third-order valence-electron chi connectivity index (χ3n) is 12.8. The van der Waals surface area contributed by atoms with Crippen molar-refractivity contribution in [3.8, 4) is 39.5 Å². The molecule has 5 heterocycles. The van der Waals surface area contributed by atoms with Gasteiger partial charge in [-0.3, -0.25) is 9.69 Å². The van der Waals surface area contributed by atoms with Crippen LogP contribution in [0.1, 0.15) is 104 Å². The van der Waals surface area contributed by atoms with Crippen LogP contribution in [0.2, 0.25) is 0 Å². The van der Waals surface area contributed by atoms with Gasteiger partial charge >= 0.3 is 0 Å². The number of nitrogens with zero attached hydrogens (tertiary/aromatic N) is 5. The van der Waals surface area contributed by atoms with Gasteiger partial charge in [0.15, 0.2) is 6.23 Å². The Bertz CT molecular complexity index is 2200. The molecule has 6 atom stereocenters. The number of H-pyrrole nitrogens is 2. The van der Waals surface area contributed by atoms with E-state index in [1.165, 1.54) is 0 Å². The van der Waals surface area contributed by atoms with Crippen molar-refractivity contribution < 1.29 is 13.9 Å². The summed E-state index contributed by atoms with van der Waals surface area (Å²) < 4.78 is 24.0. The van der Waals surface area contributed by atoms with E-state index >= 15 is 0 Å². The summed E-state index contributed by atoms with van der Waals surface area (Å²) in [6.07, 6.45) is 8.42. The molecule has 4 aliphatic rings. The molecular weight excluding hydrogens is 690 g/mol. The second-order valence-electron chi connectivity index (χ2n) is 17.8. The SMILES string of the molecule is CCC1CC1N(Cc1ncc(-c2ccc3c(c2)OC(C2CC2)n2c-3cc3cc(-c4cnc(C5CC(F)CN5CC(C)C(C)C)[nH]4)ccc32)[nH]1)C(=O)CC(C)C. The molecule has 5 aromatic rings. The average molecular weight is 746 g/mol. The molecular formula is C45H56FN7O2. The minimum absolute atomic E-state index is 0.0356. The first-order valence-electron chi connectivity index (χ1n) is 20.8. The van der Waals surface area contributed by atoms with Gasteiger partial charge in [0.2, 0.25) is 5.91 Å². The number of hydrogen-bond acceptors (Lipinski definition) is 5. The molecule has 2 N–H and O–H groups in total. The molecule has 0 bridgehead atoms. The molecule has 2 saturated carbocycles. The second-order valence-corrected chi connectivity index (χ2v) is 17.8. The average Bonchev–Trinajstić information content (AvgIpc) is 3.92. The minimum atomic E-state index is -0.831. The van der Waals surface area contributed by atoms with Gasteiger partial charge in [-0.05, 0) is 73.3 Å². The third-order valence-corrected chi connectivity index (χ3v) is 12.8. The molecule has 0 spiro atoms. The van der Waals surface area contributed by atoms with Crippen LogP contribution >= 0.6 is 0 Å². The molecule has 10 heteroatoms. The van der Waals surface area contributed by atoms with Crippen LogP contribution in [0.15, 0.2) is 54.9 Å². The van der Waals surface area contributed by atoms with Crippen LogP contribution in [-0.4, -0.2) is 65.5 Å². The minimum Gasteiger partial charge on any atom is -0.469 e. The predicted molar refractivity (Wildman–Crippen MR) is 215 cm³/mol. The maximum Gasteiger partial charge on any atom is 0.223 e. The highest BCUT2D eigenvalue weighted by Gasteiger charge is 2.43. The van der Waals surface area contributed by atoms with E-state index in [0.717, 1.165) is 94.3 Å². The van der Waals surface area contributed by atoms with Gasteiger partial charge in [0.25, 0.3) is 0 Å². The van der Waals surface area contributed by atoms with Crippen molar-refractivity contribution in [2.24, 2.45) is 29.6 Å². The standard InChI is InChI=1S/C45H56FN7O2/c1-7-28-16-38(28)52(43(54)14-25(2)3)24-42-47-20-35(49-42)31-10-12-34-39-17-32-15-30(11-13-37(32)53(39)45(29-8-9-29)55-41(34)18-31)36-21-48-44(50-36)40-19-33(46)23-51(40)22-27(6)26(4)5/h10-13,15,17-18,20-21,25-29,33,38,40,45H,7-9,14,16,19,22-24H2,1-6H3,(H,47,49)(H,48,50). The Labute approximate surface area is 324 Å². The Kier molecular flexibility index (Phi) is 9.38. The summed E-state index contributed by atoms with van der Waals surface area (Å²) in [6, 6.07) is 15.7. The largest absolute Gasteiger partial charge is 0.469 e. The Balaban J connectivity index is 0.979. The summed E-state index contributed by atoms with van der Waals surface area (Å²) >= 11 is 0. The summed E-state index contributed by atoms with van der Waals surface area (Å²) in [5, 5.41) is 1.16. The van der Waals surface area contributed by atoms with E-state index in [1.54, 1.807) is 0 Å². The summed E-state index contributed by atoms with van der Waals surface area (Å²) in [4.78, 5) is 34.3. The van der Waals surface area contributed by atoms with Gasteiger partial charge < -0.3 is 24.2 Å². The van der Waals surface area contributed by atoms with Crippen molar-refractivity contribution in [1.29, 1.82) is 0 Å². The van der Waals surface area contributed by atoms with Crippen molar-refractivity contribution in [1.82, 2.24) is 34.3 Å². The Morgan fingerprint density at radius 3 is 2.49 bits per heavy atom. The van der Waals surface area contributed by atoms with Crippen LogP contribution in [-0.2, 0) is 11.3 Å². The smallest absolute Gasteiger partial charge is 0.223 e. The zero-order valence-corrected chi connectivity index (χ0v) is 33.2. The highest BCUT2D eigenvalue weighted by Crippen LogP contribution is 2.51. The van der Waals surface area contributed by atoms with E-state index in [4.69, 9.17) is 14.7 Å². The fourth-order valence-corrected chi connectivity index (χ4v) is 8.98. The maximum absolute atomic E-state index is 14.7. The maximum atomic E-state index is 14.7. The van der Waals surface area contributed by atoms with Crippen LogP contribution in [0.5, 0.6) is 5.75 Å². The molecule has 6 unspecified atom stereocenters. The number of ether oxygens (including phenoxy) is 1. The van der Waals surface area contributed by atoms with Crippen molar-refractivity contribution in [2.75, 3.05) is 13.1 Å². The van der Waals surface area contributed by atoms with E-state index in [9.17, 15) is 9.18 Å². The molecule has 55 heavy (non-hydrogen) atoms. The van der Waals surface area contributed by atoms with Gasteiger partial charge in [0, 0.05) is 60.0 Å². The first kappa shape index (κ1) is 36.2. The molecule has 9 rings (SSSR count). The van der Waals surface area contributed by atoms with Crippen molar-refractivity contribution >= 4 is 16.8 Å². The lowest BCUT2D eigenvalue weighted by Gasteiger charge is -2.30. The molecule has 3 fully saturated rings. The van der Waals surface area contributed by atoms with Crippen molar-refractivity contribution in [3.05, 3.63) is 66.5 Å². The first-order chi connectivity index (χ1) is 26.5. The third kappa shape index (κ3) is 7.00. The lowest BCUT2D eigenvalue weighted by molar-refractivity contribution is -0.133. The van der Waals surface area contributed by atoms with E-state index in [1.807, 2.05) is 12.4 Å². The van der Waals surface area contributed by atoms with E-state index in [2.05, 4.69) is 108 Å². The van der Waals surface area contributed by atoms with Crippen LogP contribution in [0, 0.1) is 29.6 Å². The number of aromatic amines is 2. The number of carbonyl (C=O) groups excluding carboxylic acids is 1. The van der Waals surface area contributed by atoms with Crippen LogP contribution in [0.25, 0.3) is 44.7 Å². The number of fused-ring (bicyclic) bond motifs is 5. The number of nitrogens with one attached hydrogen (secondary N) is 2. The second kappa shape index (κ2) is 14.3. The Morgan fingerprint density at radius 1 is 0.982 bits per heavy atom. The fraction of sp³-hybridized carbons (Fsp3) is 0.533. The number of benzene rings is 2. The fourth-order valence-electron chi connectivity index (χ4n) is 8.98. The van der Waals surface area contributed by atoms with Crippen LogP contribution in [0.4, 0.5) is 4.39 Å². The topological polar surface area (TPSA) is 95.1 Å². The summed E-state index contributed by atoms with van der Waals surface area (Å²) in [5.74, 6) is 5.19. The van der Waals surface area contributed by atoms with Crippen LogP contribution in [0.3, 0.4) is 0 Å². The zero-order valence-electron chi connectivity index (χ0n) is 33.2. The monoisotopic (exact) mass is 745 g/mol. The van der Waals surface area contributed by atoms with Gasteiger partial charge in [0.1, 0.15) is 23.6 Å². The van der Waals surface area contributed by atoms with Gasteiger partial charge in [-0.1, -0.05) is 60.1 Å². The number of carbonyl (C=O) groups is 1. The number of imidazole rings is 2. The summed E-state index contributed by atoms with van der Waals surface area (Å²) in [6.45, 7) is 15.0. The number of hydrogen-bond donors (Lipinski definition) is 2. The summed E-state index contributed by atoms with van der Waals surface area (Å²) in [7, 11) is 0. The first-order valence-corrected chi connectivity index (χ1v) is 20.8. The van der Waals surface area contributed by atoms with Gasteiger partial charge in [0.05, 0.1) is 47.6 Å². The summed E-state index contributed by atoms with van der Waals surface area (Å²) in [5.41, 5.74) is 7.36. The quantitative estimate of drug-likeness (QED) is 0.125. The van der Waals surface area contributed by atoms with Gasteiger partial charge in [-0.2, -0.15) is 0 Å². The number of amides is 1. The predicted octanol–water partition coefficient (Wildman–Crippen LogP) is 9.94. The van der Waals surface area contributed by atoms with Crippen LogP contribution < -0.4 is 4.74 Å². The van der Waals surface area contributed by atoms with E-state index < -0.39 is 6.17 Å². The normalized spacial score (nSPS) is 24.0. The zero-order chi connectivity index (χ0) is 38.1. The molecule has 9 nitrogen and oxygen atoms in total. The number of aromatic nitrogens is 5. The molecule has 290 valence electrons. The molecule has 2 aliphatic carbocycles.